The molecule has 17 heavy (non-hydrogen) atoms. The lowest BCUT2D eigenvalue weighted by atomic mass is 10.00. The first-order valence-corrected chi connectivity index (χ1v) is 6.36. The fourth-order valence-electron chi connectivity index (χ4n) is 2.27. The van der Waals surface area contributed by atoms with Crippen molar-refractivity contribution in [2.75, 3.05) is 13.2 Å². The van der Waals surface area contributed by atoms with Crippen LogP contribution in [0.15, 0.2) is 6.33 Å². The monoisotopic (exact) mass is 238 g/mol. The summed E-state index contributed by atoms with van der Waals surface area (Å²) in [5.41, 5.74) is 0. The molecule has 1 N–H and O–H groups in total. The van der Waals surface area contributed by atoms with Gasteiger partial charge in [0.05, 0.1) is 6.04 Å². The van der Waals surface area contributed by atoms with Crippen molar-refractivity contribution >= 4 is 0 Å². The molecule has 1 fully saturated rings. The summed E-state index contributed by atoms with van der Waals surface area (Å²) in [7, 11) is 1.95. The second-order valence-corrected chi connectivity index (χ2v) is 5.02. The summed E-state index contributed by atoms with van der Waals surface area (Å²) >= 11 is 0. The summed E-state index contributed by atoms with van der Waals surface area (Å²) in [6.07, 6.45) is 3.79. The zero-order chi connectivity index (χ0) is 12.3. The second-order valence-electron chi connectivity index (χ2n) is 5.02. The van der Waals surface area contributed by atoms with E-state index in [1.54, 1.807) is 6.33 Å². The van der Waals surface area contributed by atoms with Gasteiger partial charge >= 0.3 is 0 Å². The topological polar surface area (TPSA) is 52.0 Å². The largest absolute Gasteiger partial charge is 0.381 e. The molecule has 0 radical (unpaired) electrons. The minimum absolute atomic E-state index is 0.269. The average molecular weight is 238 g/mol. The van der Waals surface area contributed by atoms with Crippen LogP contribution in [-0.4, -0.2) is 34.0 Å². The molecule has 1 atom stereocenters. The van der Waals surface area contributed by atoms with E-state index in [1.807, 2.05) is 11.7 Å². The number of aryl methyl sites for hydroxylation is 1. The minimum Gasteiger partial charge on any atom is -0.381 e. The van der Waals surface area contributed by atoms with Crippen LogP contribution in [-0.2, 0) is 11.8 Å². The third kappa shape index (κ3) is 3.04. The molecule has 1 aliphatic rings. The van der Waals surface area contributed by atoms with E-state index in [2.05, 4.69) is 29.2 Å². The molecule has 1 aliphatic heterocycles. The molecular weight excluding hydrogens is 216 g/mol. The molecule has 5 heteroatoms. The van der Waals surface area contributed by atoms with Crippen molar-refractivity contribution in [3.63, 3.8) is 0 Å². The van der Waals surface area contributed by atoms with Gasteiger partial charge < -0.3 is 10.1 Å². The maximum Gasteiger partial charge on any atom is 0.143 e. The number of nitrogens with zero attached hydrogens (tertiary/aromatic N) is 3. The van der Waals surface area contributed by atoms with Gasteiger partial charge in [-0.2, -0.15) is 5.10 Å². The number of rotatable bonds is 4. The van der Waals surface area contributed by atoms with Crippen LogP contribution in [0.4, 0.5) is 0 Å². The highest BCUT2D eigenvalue weighted by Crippen LogP contribution is 2.21. The molecule has 0 aliphatic carbocycles. The molecule has 0 saturated carbocycles. The van der Waals surface area contributed by atoms with Crippen LogP contribution in [0.2, 0.25) is 0 Å². The minimum atomic E-state index is 0.269. The zero-order valence-corrected chi connectivity index (χ0v) is 10.9. The van der Waals surface area contributed by atoms with Gasteiger partial charge in [-0.3, -0.25) is 4.68 Å². The van der Waals surface area contributed by atoms with E-state index in [4.69, 9.17) is 4.74 Å². The van der Waals surface area contributed by atoms with Crippen molar-refractivity contribution in [3.05, 3.63) is 12.2 Å². The van der Waals surface area contributed by atoms with E-state index in [0.29, 0.717) is 12.0 Å². The van der Waals surface area contributed by atoms with Crippen molar-refractivity contribution in [2.24, 2.45) is 13.0 Å². The number of hydrogen-bond donors (Lipinski definition) is 1. The number of aromatic nitrogens is 3. The van der Waals surface area contributed by atoms with Gasteiger partial charge in [-0.05, 0) is 18.8 Å². The summed E-state index contributed by atoms with van der Waals surface area (Å²) in [6, 6.07) is 0.804. The van der Waals surface area contributed by atoms with Crippen LogP contribution >= 0.6 is 0 Å². The molecular formula is C12H22N4O. The Hall–Kier alpha value is -0.940. The summed E-state index contributed by atoms with van der Waals surface area (Å²) in [4.78, 5) is 4.36. The molecule has 1 unspecified atom stereocenters. The maximum absolute atomic E-state index is 5.38. The lowest BCUT2D eigenvalue weighted by Gasteiger charge is -2.30. The van der Waals surface area contributed by atoms with E-state index in [1.165, 1.54) is 0 Å². The average Bonchev–Trinajstić information content (AvgIpc) is 2.73. The lowest BCUT2D eigenvalue weighted by Crippen LogP contribution is -2.40. The predicted octanol–water partition coefficient (Wildman–Crippen LogP) is 1.28. The Labute approximate surface area is 103 Å². The van der Waals surface area contributed by atoms with E-state index in [9.17, 15) is 0 Å². The third-order valence-electron chi connectivity index (χ3n) is 3.33. The predicted molar refractivity (Wildman–Crippen MR) is 65.6 cm³/mol. The molecule has 96 valence electrons. The van der Waals surface area contributed by atoms with Crippen LogP contribution < -0.4 is 5.32 Å². The normalized spacial score (nSPS) is 19.8. The van der Waals surface area contributed by atoms with Gasteiger partial charge in [0, 0.05) is 26.3 Å². The van der Waals surface area contributed by atoms with Crippen LogP contribution in [0, 0.1) is 5.92 Å². The number of hydrogen-bond acceptors (Lipinski definition) is 4. The van der Waals surface area contributed by atoms with Gasteiger partial charge in [0.1, 0.15) is 12.2 Å². The smallest absolute Gasteiger partial charge is 0.143 e. The molecule has 0 amide bonds. The van der Waals surface area contributed by atoms with E-state index >= 15 is 0 Å². The second kappa shape index (κ2) is 5.60. The zero-order valence-electron chi connectivity index (χ0n) is 10.9. The summed E-state index contributed by atoms with van der Waals surface area (Å²) < 4.78 is 7.24. The molecule has 0 aromatic carbocycles. The van der Waals surface area contributed by atoms with E-state index < -0.39 is 0 Å². The Morgan fingerprint density at radius 2 is 2.12 bits per heavy atom. The fraction of sp³-hybridized carbons (Fsp3) is 0.833. The number of nitrogens with one attached hydrogen (secondary N) is 1. The van der Waals surface area contributed by atoms with Crippen molar-refractivity contribution in [2.45, 2.75) is 38.8 Å². The first kappa shape index (κ1) is 12.5. The van der Waals surface area contributed by atoms with Gasteiger partial charge in [-0.15, -0.1) is 0 Å². The summed E-state index contributed by atoms with van der Waals surface area (Å²) in [6.45, 7) is 6.15. The van der Waals surface area contributed by atoms with Gasteiger partial charge in [0.15, 0.2) is 0 Å². The molecule has 0 bridgehead atoms. The molecule has 5 nitrogen and oxygen atoms in total. The highest BCUT2D eigenvalue weighted by atomic mass is 16.5. The van der Waals surface area contributed by atoms with Crippen molar-refractivity contribution in [3.8, 4) is 0 Å². The standard InChI is InChI=1S/C12H22N4O/c1-9(2)11(12-13-8-14-16(12)3)15-10-4-6-17-7-5-10/h8-11,15H,4-7H2,1-3H3. The lowest BCUT2D eigenvalue weighted by molar-refractivity contribution is 0.0722. The van der Waals surface area contributed by atoms with Gasteiger partial charge in [-0.1, -0.05) is 13.8 Å². The fourth-order valence-corrected chi connectivity index (χ4v) is 2.27. The summed E-state index contributed by atoms with van der Waals surface area (Å²) in [5.74, 6) is 1.52. The molecule has 1 aromatic rings. The van der Waals surface area contributed by atoms with E-state index in [0.717, 1.165) is 31.9 Å². The molecule has 1 aromatic heterocycles. The Morgan fingerprint density at radius 1 is 1.41 bits per heavy atom. The molecule has 2 heterocycles. The Morgan fingerprint density at radius 3 is 2.65 bits per heavy atom. The number of ether oxygens (including phenoxy) is 1. The van der Waals surface area contributed by atoms with Crippen molar-refractivity contribution in [1.82, 2.24) is 20.1 Å². The van der Waals surface area contributed by atoms with Crippen LogP contribution in [0.5, 0.6) is 0 Å². The molecule has 1 saturated heterocycles. The highest BCUT2D eigenvalue weighted by molar-refractivity contribution is 4.96. The first-order valence-electron chi connectivity index (χ1n) is 6.36. The Balaban J connectivity index is 2.05. The van der Waals surface area contributed by atoms with Crippen molar-refractivity contribution in [1.29, 1.82) is 0 Å². The van der Waals surface area contributed by atoms with Gasteiger partial charge in [-0.25, -0.2) is 4.98 Å². The summed E-state index contributed by atoms with van der Waals surface area (Å²) in [5, 5.41) is 7.85. The Bertz CT molecular complexity index is 344. The van der Waals surface area contributed by atoms with E-state index in [-0.39, 0.29) is 6.04 Å². The van der Waals surface area contributed by atoms with Gasteiger partial charge in [0.25, 0.3) is 0 Å². The van der Waals surface area contributed by atoms with Crippen molar-refractivity contribution < 1.29 is 4.74 Å². The highest BCUT2D eigenvalue weighted by Gasteiger charge is 2.24. The Kier molecular flexibility index (Phi) is 4.12. The first-order chi connectivity index (χ1) is 8.18. The molecule has 0 spiro atoms. The molecule has 2 rings (SSSR count). The SMILES string of the molecule is CC(C)C(NC1CCOCC1)c1ncnn1C. The van der Waals surface area contributed by atoms with Crippen LogP contribution in [0.1, 0.15) is 38.6 Å². The van der Waals surface area contributed by atoms with Crippen LogP contribution in [0.3, 0.4) is 0 Å². The van der Waals surface area contributed by atoms with Crippen LogP contribution in [0.25, 0.3) is 0 Å². The van der Waals surface area contributed by atoms with Gasteiger partial charge in [0.2, 0.25) is 0 Å². The quantitative estimate of drug-likeness (QED) is 0.858. The maximum atomic E-state index is 5.38. The third-order valence-corrected chi connectivity index (χ3v) is 3.33.